The highest BCUT2D eigenvalue weighted by Crippen LogP contribution is 2.16. The largest absolute Gasteiger partial charge is 0.381 e. The Labute approximate surface area is 160 Å². The van der Waals surface area contributed by atoms with Crippen molar-refractivity contribution in [1.29, 1.82) is 0 Å². The summed E-state index contributed by atoms with van der Waals surface area (Å²) in [5, 5.41) is 7.99. The average molecular weight is 373 g/mol. The van der Waals surface area contributed by atoms with E-state index in [2.05, 4.69) is 20.3 Å². The van der Waals surface area contributed by atoms with Gasteiger partial charge in [0, 0.05) is 51.8 Å². The molecule has 2 heterocycles. The van der Waals surface area contributed by atoms with Crippen molar-refractivity contribution in [3.63, 3.8) is 0 Å². The van der Waals surface area contributed by atoms with E-state index in [1.165, 1.54) is 12.1 Å². The van der Waals surface area contributed by atoms with Crippen LogP contribution < -0.4 is 5.32 Å². The Kier molecular flexibility index (Phi) is 6.81. The third-order valence-electron chi connectivity index (χ3n) is 4.75. The molecule has 1 aliphatic rings. The van der Waals surface area contributed by atoms with Gasteiger partial charge in [-0.25, -0.2) is 9.07 Å². The quantitative estimate of drug-likeness (QED) is 0.598. The number of aromatic nitrogens is 2. The second-order valence-corrected chi connectivity index (χ2v) is 6.71. The zero-order valence-corrected chi connectivity index (χ0v) is 16.1. The van der Waals surface area contributed by atoms with Gasteiger partial charge in [0.1, 0.15) is 5.82 Å². The monoisotopic (exact) mass is 373 g/mol. The first-order chi connectivity index (χ1) is 13.2. The van der Waals surface area contributed by atoms with Crippen LogP contribution >= 0.6 is 0 Å². The van der Waals surface area contributed by atoms with Crippen LogP contribution in [0.2, 0.25) is 0 Å². The molecule has 1 atom stereocenters. The van der Waals surface area contributed by atoms with E-state index in [1.54, 1.807) is 16.8 Å². The maximum atomic E-state index is 13.0. The van der Waals surface area contributed by atoms with Crippen molar-refractivity contribution in [2.24, 2.45) is 10.9 Å². The zero-order valence-electron chi connectivity index (χ0n) is 16.1. The van der Waals surface area contributed by atoms with Gasteiger partial charge in [0.05, 0.1) is 18.0 Å². The summed E-state index contributed by atoms with van der Waals surface area (Å²) in [7, 11) is 1.82. The standard InChI is InChI=1S/C20H28FN5O/c1-3-27-15-16-9-12-25(14-16)20(22-2)23-11-8-18-10-13-26(24-18)19-6-4-17(21)5-7-19/h4-7,10,13,16H,3,8-9,11-12,14-15H2,1-2H3,(H,22,23). The van der Waals surface area contributed by atoms with Gasteiger partial charge in [0.25, 0.3) is 0 Å². The summed E-state index contributed by atoms with van der Waals surface area (Å²) in [5.74, 6) is 1.27. The fraction of sp³-hybridized carbons (Fsp3) is 0.500. The number of rotatable bonds is 7. The lowest BCUT2D eigenvalue weighted by atomic mass is 10.1. The number of benzene rings is 1. The van der Waals surface area contributed by atoms with E-state index in [1.807, 2.05) is 26.2 Å². The Morgan fingerprint density at radius 1 is 1.33 bits per heavy atom. The zero-order chi connectivity index (χ0) is 19.1. The molecule has 6 nitrogen and oxygen atoms in total. The van der Waals surface area contributed by atoms with Crippen molar-refractivity contribution in [2.45, 2.75) is 19.8 Å². The molecule has 146 valence electrons. The first kappa shape index (κ1) is 19.4. The Balaban J connectivity index is 1.47. The first-order valence-electron chi connectivity index (χ1n) is 9.53. The van der Waals surface area contributed by atoms with Crippen LogP contribution in [0.3, 0.4) is 0 Å². The minimum absolute atomic E-state index is 0.243. The van der Waals surface area contributed by atoms with E-state index in [0.717, 1.165) is 63.0 Å². The summed E-state index contributed by atoms with van der Waals surface area (Å²) < 4.78 is 20.3. The molecule has 1 unspecified atom stereocenters. The molecule has 27 heavy (non-hydrogen) atoms. The molecular weight excluding hydrogens is 345 g/mol. The lowest BCUT2D eigenvalue weighted by Gasteiger charge is -2.21. The second-order valence-electron chi connectivity index (χ2n) is 6.71. The number of halogens is 1. The maximum Gasteiger partial charge on any atom is 0.193 e. The number of aliphatic imine (C=N–C) groups is 1. The van der Waals surface area contributed by atoms with E-state index in [4.69, 9.17) is 4.74 Å². The number of hydrogen-bond donors (Lipinski definition) is 1. The van der Waals surface area contributed by atoms with Crippen LogP contribution in [0.4, 0.5) is 4.39 Å². The van der Waals surface area contributed by atoms with Gasteiger partial charge in [0.15, 0.2) is 5.96 Å². The minimum Gasteiger partial charge on any atom is -0.381 e. The topological polar surface area (TPSA) is 54.7 Å². The summed E-state index contributed by atoms with van der Waals surface area (Å²) >= 11 is 0. The van der Waals surface area contributed by atoms with E-state index in [9.17, 15) is 4.39 Å². The molecule has 7 heteroatoms. The van der Waals surface area contributed by atoms with Gasteiger partial charge in [-0.15, -0.1) is 0 Å². The molecule has 1 aromatic heterocycles. The summed E-state index contributed by atoms with van der Waals surface area (Å²) in [4.78, 5) is 6.70. The normalized spacial score (nSPS) is 17.5. The molecule has 1 saturated heterocycles. The molecule has 2 aromatic rings. The summed E-state index contributed by atoms with van der Waals surface area (Å²) in [6, 6.07) is 8.31. The maximum absolute atomic E-state index is 13.0. The van der Waals surface area contributed by atoms with Crippen molar-refractivity contribution in [1.82, 2.24) is 20.0 Å². The highest BCUT2D eigenvalue weighted by atomic mass is 19.1. The van der Waals surface area contributed by atoms with Gasteiger partial charge in [-0.05, 0) is 43.7 Å². The molecule has 1 fully saturated rings. The molecule has 1 aliphatic heterocycles. The number of nitrogens with zero attached hydrogens (tertiary/aromatic N) is 4. The summed E-state index contributed by atoms with van der Waals surface area (Å²) in [5.41, 5.74) is 1.83. The van der Waals surface area contributed by atoms with Gasteiger partial charge >= 0.3 is 0 Å². The van der Waals surface area contributed by atoms with Crippen LogP contribution in [0.5, 0.6) is 0 Å². The van der Waals surface area contributed by atoms with Gasteiger partial charge < -0.3 is 15.0 Å². The van der Waals surface area contributed by atoms with Crippen molar-refractivity contribution in [2.75, 3.05) is 39.9 Å². The van der Waals surface area contributed by atoms with Crippen LogP contribution in [-0.4, -0.2) is 60.5 Å². The molecule has 1 aromatic carbocycles. The molecule has 1 N–H and O–H groups in total. The number of likely N-dealkylation sites (tertiary alicyclic amines) is 1. The lowest BCUT2D eigenvalue weighted by molar-refractivity contribution is 0.114. The third kappa shape index (κ3) is 5.29. The molecule has 0 radical (unpaired) electrons. The van der Waals surface area contributed by atoms with E-state index < -0.39 is 0 Å². The predicted octanol–water partition coefficient (Wildman–Crippen LogP) is 2.49. The fourth-order valence-corrected chi connectivity index (χ4v) is 3.31. The summed E-state index contributed by atoms with van der Waals surface area (Å²) in [6.07, 6.45) is 3.84. The molecule has 0 aliphatic carbocycles. The number of guanidine groups is 1. The summed E-state index contributed by atoms with van der Waals surface area (Å²) in [6.45, 7) is 6.39. The Morgan fingerprint density at radius 3 is 2.89 bits per heavy atom. The van der Waals surface area contributed by atoms with Gasteiger partial charge in [-0.2, -0.15) is 5.10 Å². The van der Waals surface area contributed by atoms with Crippen LogP contribution in [0, 0.1) is 11.7 Å². The number of nitrogens with one attached hydrogen (secondary N) is 1. The van der Waals surface area contributed by atoms with E-state index in [-0.39, 0.29) is 5.82 Å². The van der Waals surface area contributed by atoms with Crippen molar-refractivity contribution in [3.05, 3.63) is 48.0 Å². The van der Waals surface area contributed by atoms with Gasteiger partial charge in [0.2, 0.25) is 0 Å². The minimum atomic E-state index is -0.243. The molecule has 0 bridgehead atoms. The number of hydrogen-bond acceptors (Lipinski definition) is 3. The highest BCUT2D eigenvalue weighted by Gasteiger charge is 2.24. The van der Waals surface area contributed by atoms with Crippen LogP contribution in [-0.2, 0) is 11.2 Å². The van der Waals surface area contributed by atoms with Crippen molar-refractivity contribution in [3.8, 4) is 5.69 Å². The first-order valence-corrected chi connectivity index (χ1v) is 9.53. The van der Waals surface area contributed by atoms with Crippen molar-refractivity contribution < 1.29 is 9.13 Å². The van der Waals surface area contributed by atoms with Crippen LogP contribution in [0.15, 0.2) is 41.5 Å². The SMILES string of the molecule is CCOCC1CCN(C(=NC)NCCc2ccn(-c3ccc(F)cc3)n2)C1. The Bertz CT molecular complexity index is 743. The third-order valence-corrected chi connectivity index (χ3v) is 4.75. The number of ether oxygens (including phenoxy) is 1. The second kappa shape index (κ2) is 9.50. The lowest BCUT2D eigenvalue weighted by Crippen LogP contribution is -2.41. The Hall–Kier alpha value is -2.41. The molecule has 3 rings (SSSR count). The predicted molar refractivity (Wildman–Crippen MR) is 105 cm³/mol. The molecule has 0 spiro atoms. The highest BCUT2D eigenvalue weighted by molar-refractivity contribution is 5.80. The smallest absolute Gasteiger partial charge is 0.193 e. The van der Waals surface area contributed by atoms with Crippen LogP contribution in [0.1, 0.15) is 19.0 Å². The van der Waals surface area contributed by atoms with E-state index >= 15 is 0 Å². The van der Waals surface area contributed by atoms with Crippen molar-refractivity contribution >= 4 is 5.96 Å². The average Bonchev–Trinajstić information content (AvgIpc) is 3.34. The molecule has 0 amide bonds. The Morgan fingerprint density at radius 2 is 2.15 bits per heavy atom. The van der Waals surface area contributed by atoms with Gasteiger partial charge in [-0.3, -0.25) is 4.99 Å². The molecular formula is C20H28FN5O. The van der Waals surface area contributed by atoms with E-state index in [0.29, 0.717) is 5.92 Å². The molecule has 0 saturated carbocycles. The fourth-order valence-electron chi connectivity index (χ4n) is 3.31. The van der Waals surface area contributed by atoms with Crippen LogP contribution in [0.25, 0.3) is 5.69 Å². The van der Waals surface area contributed by atoms with Gasteiger partial charge in [-0.1, -0.05) is 0 Å².